The lowest BCUT2D eigenvalue weighted by atomic mass is 9.78. The first-order chi connectivity index (χ1) is 8.70. The molecule has 1 saturated heterocycles. The standard InChI is InChI=1S/C15H32N2O/c1-4-15(3)7-11-17(12-8-15)13-10-16-9-6-14-18-5-2/h16H,4-14H2,1-3H3. The minimum absolute atomic E-state index is 0.613. The van der Waals surface area contributed by atoms with Crippen LogP contribution < -0.4 is 5.32 Å². The summed E-state index contributed by atoms with van der Waals surface area (Å²) in [5, 5.41) is 3.50. The molecule has 1 fully saturated rings. The average Bonchev–Trinajstić information content (AvgIpc) is 2.40. The van der Waals surface area contributed by atoms with E-state index in [0.29, 0.717) is 5.41 Å². The SMILES string of the molecule is CCOCCCNCCN1CCC(C)(CC)CC1. The predicted octanol–water partition coefficient (Wildman–Crippen LogP) is 2.51. The maximum absolute atomic E-state index is 5.31. The van der Waals surface area contributed by atoms with E-state index in [9.17, 15) is 0 Å². The number of nitrogens with one attached hydrogen (secondary N) is 1. The van der Waals surface area contributed by atoms with E-state index < -0.39 is 0 Å². The third kappa shape index (κ3) is 6.17. The summed E-state index contributed by atoms with van der Waals surface area (Å²) in [5.41, 5.74) is 0.613. The summed E-state index contributed by atoms with van der Waals surface area (Å²) >= 11 is 0. The van der Waals surface area contributed by atoms with Crippen molar-refractivity contribution in [3.8, 4) is 0 Å². The van der Waals surface area contributed by atoms with E-state index in [1.807, 2.05) is 6.92 Å². The summed E-state index contributed by atoms with van der Waals surface area (Å²) in [6.07, 6.45) is 5.19. The number of rotatable bonds is 9. The van der Waals surface area contributed by atoms with Crippen LogP contribution in [0.3, 0.4) is 0 Å². The topological polar surface area (TPSA) is 24.5 Å². The first kappa shape index (κ1) is 15.9. The molecule has 18 heavy (non-hydrogen) atoms. The molecule has 3 nitrogen and oxygen atoms in total. The number of hydrogen-bond acceptors (Lipinski definition) is 3. The molecule has 1 aliphatic rings. The van der Waals surface area contributed by atoms with Crippen LogP contribution in [0, 0.1) is 5.41 Å². The van der Waals surface area contributed by atoms with Crippen LogP contribution in [0.1, 0.15) is 46.5 Å². The average molecular weight is 256 g/mol. The van der Waals surface area contributed by atoms with Crippen molar-refractivity contribution in [2.75, 3.05) is 45.9 Å². The van der Waals surface area contributed by atoms with Gasteiger partial charge in [-0.25, -0.2) is 0 Å². The van der Waals surface area contributed by atoms with Crippen molar-refractivity contribution in [3.63, 3.8) is 0 Å². The highest BCUT2D eigenvalue weighted by atomic mass is 16.5. The van der Waals surface area contributed by atoms with E-state index in [2.05, 4.69) is 24.1 Å². The molecule has 3 heteroatoms. The summed E-state index contributed by atoms with van der Waals surface area (Å²) in [6.45, 7) is 14.5. The van der Waals surface area contributed by atoms with E-state index in [0.717, 1.165) is 32.7 Å². The minimum Gasteiger partial charge on any atom is -0.382 e. The van der Waals surface area contributed by atoms with E-state index in [1.54, 1.807) is 0 Å². The quantitative estimate of drug-likeness (QED) is 0.642. The molecule has 108 valence electrons. The molecular weight excluding hydrogens is 224 g/mol. The van der Waals surface area contributed by atoms with Crippen molar-refractivity contribution in [1.82, 2.24) is 10.2 Å². The molecule has 0 atom stereocenters. The Morgan fingerprint density at radius 1 is 1.17 bits per heavy atom. The van der Waals surface area contributed by atoms with Gasteiger partial charge >= 0.3 is 0 Å². The Morgan fingerprint density at radius 2 is 1.89 bits per heavy atom. The Kier molecular flexibility index (Phi) is 7.87. The molecule has 0 radical (unpaired) electrons. The van der Waals surface area contributed by atoms with Crippen molar-refractivity contribution in [2.24, 2.45) is 5.41 Å². The summed E-state index contributed by atoms with van der Waals surface area (Å²) in [4.78, 5) is 2.60. The molecule has 0 aromatic carbocycles. The smallest absolute Gasteiger partial charge is 0.0477 e. The van der Waals surface area contributed by atoms with Crippen LogP contribution in [0.15, 0.2) is 0 Å². The van der Waals surface area contributed by atoms with Gasteiger partial charge in [-0.05, 0) is 51.2 Å². The monoisotopic (exact) mass is 256 g/mol. The maximum atomic E-state index is 5.31. The molecule has 1 heterocycles. The largest absolute Gasteiger partial charge is 0.382 e. The third-order valence-electron chi connectivity index (χ3n) is 4.37. The fourth-order valence-electron chi connectivity index (χ4n) is 2.48. The Bertz CT molecular complexity index is 201. The summed E-state index contributed by atoms with van der Waals surface area (Å²) < 4.78 is 5.31. The fourth-order valence-corrected chi connectivity index (χ4v) is 2.48. The van der Waals surface area contributed by atoms with E-state index in [1.165, 1.54) is 38.9 Å². The molecule has 0 aromatic rings. The van der Waals surface area contributed by atoms with Crippen LogP contribution in [0.4, 0.5) is 0 Å². The lowest BCUT2D eigenvalue weighted by molar-refractivity contribution is 0.115. The van der Waals surface area contributed by atoms with Crippen molar-refractivity contribution in [3.05, 3.63) is 0 Å². The summed E-state index contributed by atoms with van der Waals surface area (Å²) in [6, 6.07) is 0. The van der Waals surface area contributed by atoms with Gasteiger partial charge in [0.25, 0.3) is 0 Å². The highest BCUT2D eigenvalue weighted by Gasteiger charge is 2.27. The van der Waals surface area contributed by atoms with Gasteiger partial charge in [-0.2, -0.15) is 0 Å². The van der Waals surface area contributed by atoms with E-state index >= 15 is 0 Å². The number of ether oxygens (including phenoxy) is 1. The molecular formula is C15H32N2O. The second kappa shape index (κ2) is 8.89. The van der Waals surface area contributed by atoms with Gasteiger partial charge < -0.3 is 15.0 Å². The van der Waals surface area contributed by atoms with Gasteiger partial charge in [0.1, 0.15) is 0 Å². The summed E-state index contributed by atoms with van der Waals surface area (Å²) in [5.74, 6) is 0. The molecule has 0 saturated carbocycles. The van der Waals surface area contributed by atoms with Gasteiger partial charge in [0.05, 0.1) is 0 Å². The second-order valence-corrected chi connectivity index (χ2v) is 5.81. The molecule has 0 spiro atoms. The Morgan fingerprint density at radius 3 is 2.50 bits per heavy atom. The van der Waals surface area contributed by atoms with Crippen molar-refractivity contribution >= 4 is 0 Å². The van der Waals surface area contributed by atoms with Gasteiger partial charge in [-0.1, -0.05) is 20.3 Å². The van der Waals surface area contributed by atoms with E-state index in [4.69, 9.17) is 4.74 Å². The van der Waals surface area contributed by atoms with Crippen molar-refractivity contribution < 1.29 is 4.74 Å². The fraction of sp³-hybridized carbons (Fsp3) is 1.00. The molecule has 0 aromatic heterocycles. The Hall–Kier alpha value is -0.120. The zero-order valence-electron chi connectivity index (χ0n) is 12.6. The summed E-state index contributed by atoms with van der Waals surface area (Å²) in [7, 11) is 0. The van der Waals surface area contributed by atoms with Crippen LogP contribution in [0.25, 0.3) is 0 Å². The molecule has 1 aliphatic heterocycles. The lowest BCUT2D eigenvalue weighted by Gasteiger charge is -2.38. The van der Waals surface area contributed by atoms with Crippen molar-refractivity contribution in [2.45, 2.75) is 46.5 Å². The predicted molar refractivity (Wildman–Crippen MR) is 78.1 cm³/mol. The van der Waals surface area contributed by atoms with Crippen LogP contribution in [-0.4, -0.2) is 50.8 Å². The number of likely N-dealkylation sites (tertiary alicyclic amines) is 1. The van der Waals surface area contributed by atoms with Crippen molar-refractivity contribution in [1.29, 1.82) is 0 Å². The van der Waals surface area contributed by atoms with Gasteiger partial charge in [0, 0.05) is 26.3 Å². The Labute approximate surface area is 113 Å². The normalized spacial score (nSPS) is 20.2. The molecule has 0 unspecified atom stereocenters. The van der Waals surface area contributed by atoms with Crippen LogP contribution >= 0.6 is 0 Å². The third-order valence-corrected chi connectivity index (χ3v) is 4.37. The van der Waals surface area contributed by atoms with Gasteiger partial charge in [0.15, 0.2) is 0 Å². The van der Waals surface area contributed by atoms with Gasteiger partial charge in [-0.3, -0.25) is 0 Å². The molecule has 1 N–H and O–H groups in total. The van der Waals surface area contributed by atoms with E-state index in [-0.39, 0.29) is 0 Å². The van der Waals surface area contributed by atoms with Crippen LogP contribution in [0.5, 0.6) is 0 Å². The van der Waals surface area contributed by atoms with Crippen LogP contribution in [-0.2, 0) is 4.74 Å². The molecule has 0 bridgehead atoms. The van der Waals surface area contributed by atoms with Crippen LogP contribution in [0.2, 0.25) is 0 Å². The number of nitrogens with zero attached hydrogens (tertiary/aromatic N) is 1. The zero-order chi connectivity index (χ0) is 13.3. The first-order valence-corrected chi connectivity index (χ1v) is 7.71. The lowest BCUT2D eigenvalue weighted by Crippen LogP contribution is -2.41. The molecule has 0 aliphatic carbocycles. The number of piperidine rings is 1. The highest BCUT2D eigenvalue weighted by Crippen LogP contribution is 2.33. The second-order valence-electron chi connectivity index (χ2n) is 5.81. The highest BCUT2D eigenvalue weighted by molar-refractivity contribution is 4.81. The minimum atomic E-state index is 0.613. The molecule has 0 amide bonds. The van der Waals surface area contributed by atoms with Gasteiger partial charge in [0.2, 0.25) is 0 Å². The number of hydrogen-bond donors (Lipinski definition) is 1. The Balaban J connectivity index is 1.95. The van der Waals surface area contributed by atoms with Gasteiger partial charge in [-0.15, -0.1) is 0 Å². The molecule has 1 rings (SSSR count). The maximum Gasteiger partial charge on any atom is 0.0477 e. The first-order valence-electron chi connectivity index (χ1n) is 7.71. The zero-order valence-corrected chi connectivity index (χ0v) is 12.6.